The van der Waals surface area contributed by atoms with Gasteiger partial charge in [0.1, 0.15) is 5.69 Å². The summed E-state index contributed by atoms with van der Waals surface area (Å²) in [6, 6.07) is 20.4. The van der Waals surface area contributed by atoms with E-state index in [1.807, 2.05) is 60.7 Å². The molecular formula is C19H16N2O2. The maximum absolute atomic E-state index is 12.3. The lowest BCUT2D eigenvalue weighted by Crippen LogP contribution is -2.25. The zero-order chi connectivity index (χ0) is 16.2. The van der Waals surface area contributed by atoms with Crippen LogP contribution in [0.25, 0.3) is 11.3 Å². The molecule has 0 saturated carbocycles. The lowest BCUT2D eigenvalue weighted by molar-refractivity contribution is 0.101. The van der Waals surface area contributed by atoms with E-state index in [-0.39, 0.29) is 11.3 Å². The molecule has 0 radical (unpaired) electrons. The van der Waals surface area contributed by atoms with Crippen molar-refractivity contribution in [3.63, 3.8) is 0 Å². The molecule has 0 bridgehead atoms. The highest BCUT2D eigenvalue weighted by Crippen LogP contribution is 2.20. The molecule has 114 valence electrons. The largest absolute Gasteiger partial charge is 0.294 e. The number of carbonyl (C=O) groups excluding carboxylic acids is 1. The summed E-state index contributed by atoms with van der Waals surface area (Å²) in [6.45, 7) is 1.82. The summed E-state index contributed by atoms with van der Waals surface area (Å²) >= 11 is 0. The van der Waals surface area contributed by atoms with E-state index in [4.69, 9.17) is 0 Å². The molecule has 0 unspecified atom stereocenters. The van der Waals surface area contributed by atoms with Crippen LogP contribution < -0.4 is 5.56 Å². The minimum Gasteiger partial charge on any atom is -0.294 e. The quantitative estimate of drug-likeness (QED) is 0.696. The molecule has 0 N–H and O–H groups in total. The number of benzene rings is 2. The van der Waals surface area contributed by atoms with Gasteiger partial charge < -0.3 is 0 Å². The van der Waals surface area contributed by atoms with E-state index in [2.05, 4.69) is 5.10 Å². The van der Waals surface area contributed by atoms with Crippen molar-refractivity contribution in [1.82, 2.24) is 9.78 Å². The molecule has 1 heterocycles. The highest BCUT2D eigenvalue weighted by atomic mass is 16.1. The maximum Gasteiger partial charge on any atom is 0.267 e. The summed E-state index contributed by atoms with van der Waals surface area (Å²) in [7, 11) is 0. The minimum absolute atomic E-state index is 0.166. The molecule has 23 heavy (non-hydrogen) atoms. The summed E-state index contributed by atoms with van der Waals surface area (Å²) in [6.07, 6.45) is 0. The molecule has 0 saturated heterocycles. The third-order valence-electron chi connectivity index (χ3n) is 3.60. The van der Waals surface area contributed by atoms with Gasteiger partial charge in [0.15, 0.2) is 5.78 Å². The van der Waals surface area contributed by atoms with Gasteiger partial charge in [-0.25, -0.2) is 4.68 Å². The molecular weight excluding hydrogens is 288 g/mol. The second-order valence-electron chi connectivity index (χ2n) is 5.31. The number of ketones is 1. The van der Waals surface area contributed by atoms with Crippen molar-refractivity contribution in [2.75, 3.05) is 0 Å². The average Bonchev–Trinajstić information content (AvgIpc) is 2.58. The number of carbonyl (C=O) groups is 1. The van der Waals surface area contributed by atoms with Crippen LogP contribution in [0.4, 0.5) is 0 Å². The van der Waals surface area contributed by atoms with Gasteiger partial charge in [-0.3, -0.25) is 9.59 Å². The van der Waals surface area contributed by atoms with Crippen LogP contribution in [-0.4, -0.2) is 15.6 Å². The van der Waals surface area contributed by atoms with Crippen molar-refractivity contribution < 1.29 is 4.79 Å². The normalized spacial score (nSPS) is 10.5. The van der Waals surface area contributed by atoms with E-state index in [0.29, 0.717) is 17.8 Å². The predicted octanol–water partition coefficient (Wildman–Crippen LogP) is 3.16. The van der Waals surface area contributed by atoms with Gasteiger partial charge in [-0.2, -0.15) is 5.10 Å². The van der Waals surface area contributed by atoms with Crippen LogP contribution in [0.2, 0.25) is 0 Å². The Hall–Kier alpha value is -3.01. The van der Waals surface area contributed by atoms with E-state index in [1.54, 1.807) is 0 Å². The fraction of sp³-hybridized carbons (Fsp3) is 0.105. The van der Waals surface area contributed by atoms with Gasteiger partial charge in [0.05, 0.1) is 12.1 Å². The summed E-state index contributed by atoms with van der Waals surface area (Å²) in [5, 5.41) is 4.44. The molecule has 4 nitrogen and oxygen atoms in total. The SMILES string of the molecule is CC(=O)c1cc(=O)n(Cc2ccccc2)nc1-c1ccccc1. The topological polar surface area (TPSA) is 52.0 Å². The number of aromatic nitrogens is 2. The smallest absolute Gasteiger partial charge is 0.267 e. The van der Waals surface area contributed by atoms with Crippen molar-refractivity contribution in [1.29, 1.82) is 0 Å². The summed E-state index contributed by atoms with van der Waals surface area (Å²) in [5.74, 6) is -0.166. The zero-order valence-electron chi connectivity index (χ0n) is 12.8. The lowest BCUT2D eigenvalue weighted by atomic mass is 10.0. The first kappa shape index (κ1) is 14.9. The lowest BCUT2D eigenvalue weighted by Gasteiger charge is -2.11. The van der Waals surface area contributed by atoms with Gasteiger partial charge in [-0.15, -0.1) is 0 Å². The molecule has 0 aliphatic heterocycles. The summed E-state index contributed by atoms with van der Waals surface area (Å²) < 4.78 is 1.39. The number of rotatable bonds is 4. The monoisotopic (exact) mass is 304 g/mol. The zero-order valence-corrected chi connectivity index (χ0v) is 12.8. The van der Waals surface area contributed by atoms with E-state index < -0.39 is 0 Å². The highest BCUT2D eigenvalue weighted by Gasteiger charge is 2.14. The van der Waals surface area contributed by atoms with E-state index >= 15 is 0 Å². The number of nitrogens with zero attached hydrogens (tertiary/aromatic N) is 2. The second-order valence-corrected chi connectivity index (χ2v) is 5.31. The minimum atomic E-state index is -0.279. The molecule has 0 aliphatic rings. The fourth-order valence-corrected chi connectivity index (χ4v) is 2.44. The van der Waals surface area contributed by atoms with Crippen LogP contribution in [0.15, 0.2) is 71.5 Å². The molecule has 0 aliphatic carbocycles. The molecule has 0 amide bonds. The van der Waals surface area contributed by atoms with Gasteiger partial charge in [-0.05, 0) is 12.5 Å². The Labute approximate surface area is 134 Å². The Morgan fingerprint density at radius 1 is 1.00 bits per heavy atom. The van der Waals surface area contributed by atoms with Crippen molar-refractivity contribution in [3.05, 3.63) is 88.2 Å². The van der Waals surface area contributed by atoms with Gasteiger partial charge in [0, 0.05) is 11.6 Å². The number of Topliss-reactive ketones (excluding diaryl/α,β-unsaturated/α-hetero) is 1. The molecule has 0 atom stereocenters. The third kappa shape index (κ3) is 3.26. The average molecular weight is 304 g/mol. The predicted molar refractivity (Wildman–Crippen MR) is 89.5 cm³/mol. The molecule has 2 aromatic carbocycles. The second kappa shape index (κ2) is 6.40. The first-order valence-electron chi connectivity index (χ1n) is 7.37. The fourth-order valence-electron chi connectivity index (χ4n) is 2.44. The van der Waals surface area contributed by atoms with E-state index in [9.17, 15) is 9.59 Å². The first-order chi connectivity index (χ1) is 11.1. The summed E-state index contributed by atoms with van der Waals surface area (Å²) in [4.78, 5) is 24.2. The van der Waals surface area contributed by atoms with E-state index in [0.717, 1.165) is 11.1 Å². The Balaban J connectivity index is 2.12. The molecule has 3 aromatic rings. The molecule has 0 fully saturated rings. The van der Waals surface area contributed by atoms with Gasteiger partial charge >= 0.3 is 0 Å². The van der Waals surface area contributed by atoms with Gasteiger partial charge in [0.2, 0.25) is 0 Å². The van der Waals surface area contributed by atoms with Crippen LogP contribution in [0.5, 0.6) is 0 Å². The molecule has 4 heteroatoms. The van der Waals surface area contributed by atoms with Crippen molar-refractivity contribution in [2.24, 2.45) is 0 Å². The maximum atomic E-state index is 12.3. The van der Waals surface area contributed by atoms with Crippen LogP contribution in [0.3, 0.4) is 0 Å². The first-order valence-corrected chi connectivity index (χ1v) is 7.37. The van der Waals surface area contributed by atoms with Gasteiger partial charge in [-0.1, -0.05) is 60.7 Å². The van der Waals surface area contributed by atoms with Crippen LogP contribution in [0, 0.1) is 0 Å². The Bertz CT molecular complexity index is 884. The highest BCUT2D eigenvalue weighted by molar-refractivity contribution is 5.99. The Morgan fingerprint density at radius 2 is 1.61 bits per heavy atom. The van der Waals surface area contributed by atoms with Crippen molar-refractivity contribution in [2.45, 2.75) is 13.5 Å². The van der Waals surface area contributed by atoms with Crippen LogP contribution in [0.1, 0.15) is 22.8 Å². The van der Waals surface area contributed by atoms with Crippen LogP contribution >= 0.6 is 0 Å². The number of hydrogen-bond donors (Lipinski definition) is 0. The Morgan fingerprint density at radius 3 is 2.22 bits per heavy atom. The molecule has 1 aromatic heterocycles. The molecule has 0 spiro atoms. The van der Waals surface area contributed by atoms with E-state index in [1.165, 1.54) is 17.7 Å². The standard InChI is InChI=1S/C19H16N2O2/c1-14(22)17-12-18(23)21(13-15-8-4-2-5-9-15)20-19(17)16-10-6-3-7-11-16/h2-12H,13H2,1H3. The third-order valence-corrected chi connectivity index (χ3v) is 3.60. The Kier molecular flexibility index (Phi) is 4.15. The van der Waals surface area contributed by atoms with Crippen molar-refractivity contribution in [3.8, 4) is 11.3 Å². The summed E-state index contributed by atoms with van der Waals surface area (Å²) in [5.41, 5.74) is 2.41. The van der Waals surface area contributed by atoms with Crippen molar-refractivity contribution >= 4 is 5.78 Å². The van der Waals surface area contributed by atoms with Crippen LogP contribution in [-0.2, 0) is 6.54 Å². The van der Waals surface area contributed by atoms with Gasteiger partial charge in [0.25, 0.3) is 5.56 Å². The molecule has 3 rings (SSSR count). The number of hydrogen-bond acceptors (Lipinski definition) is 3.